The van der Waals surface area contributed by atoms with Crippen molar-refractivity contribution in [1.82, 2.24) is 9.21 Å². The number of ether oxygens (including phenoxy) is 1. The summed E-state index contributed by atoms with van der Waals surface area (Å²) in [5, 5.41) is 0. The van der Waals surface area contributed by atoms with E-state index in [2.05, 4.69) is 4.74 Å². The fourth-order valence-corrected chi connectivity index (χ4v) is 3.96. The number of amides is 2. The maximum atomic E-state index is 12.9. The van der Waals surface area contributed by atoms with E-state index in [1.165, 1.54) is 17.0 Å². The summed E-state index contributed by atoms with van der Waals surface area (Å²) in [6.45, 7) is 5.84. The van der Waals surface area contributed by atoms with E-state index in [-0.39, 0.29) is 14.9 Å². The zero-order chi connectivity index (χ0) is 19.6. The number of nitrogens with zero attached hydrogens (tertiary/aromatic N) is 2. The van der Waals surface area contributed by atoms with Crippen LogP contribution in [0.25, 0.3) is 0 Å². The van der Waals surface area contributed by atoms with Crippen LogP contribution < -0.4 is 0 Å². The Labute approximate surface area is 152 Å². The second-order valence-corrected chi connectivity index (χ2v) is 7.37. The molecule has 0 unspecified atom stereocenters. The van der Waals surface area contributed by atoms with Crippen molar-refractivity contribution < 1.29 is 27.5 Å². The van der Waals surface area contributed by atoms with Crippen LogP contribution in [0.1, 0.15) is 19.4 Å². The first-order valence-corrected chi connectivity index (χ1v) is 9.42. The third-order valence-corrected chi connectivity index (χ3v) is 5.73. The lowest BCUT2D eigenvalue weighted by atomic mass is 10.2. The fraction of sp³-hybridized carbons (Fsp3) is 0.353. The van der Waals surface area contributed by atoms with Gasteiger partial charge in [0.05, 0.1) is 12.0 Å². The highest BCUT2D eigenvalue weighted by atomic mass is 32.2. The van der Waals surface area contributed by atoms with Gasteiger partial charge in [0.2, 0.25) is 0 Å². The summed E-state index contributed by atoms with van der Waals surface area (Å²) < 4.78 is 30.4. The van der Waals surface area contributed by atoms with Gasteiger partial charge in [0.1, 0.15) is 5.70 Å². The number of methoxy groups -OCH3 is 1. The summed E-state index contributed by atoms with van der Waals surface area (Å²) in [5.74, 6) is -3.31. The Morgan fingerprint density at radius 2 is 1.62 bits per heavy atom. The topological polar surface area (TPSA) is 101 Å². The maximum absolute atomic E-state index is 12.9. The van der Waals surface area contributed by atoms with Crippen LogP contribution in [-0.2, 0) is 29.1 Å². The number of hydrogen-bond acceptors (Lipinski definition) is 7. The minimum Gasteiger partial charge on any atom is -0.465 e. The number of likely N-dealkylation sites (N-methyl/N-ethyl adjacent to an activating group) is 1. The van der Waals surface area contributed by atoms with Crippen LogP contribution in [0.2, 0.25) is 0 Å². The summed E-state index contributed by atoms with van der Waals surface area (Å²) in [4.78, 5) is 38.8. The maximum Gasteiger partial charge on any atom is 0.345 e. The monoisotopic (exact) mass is 380 g/mol. The van der Waals surface area contributed by atoms with Crippen LogP contribution in [0.15, 0.2) is 40.4 Å². The highest BCUT2D eigenvalue weighted by molar-refractivity contribution is 7.90. The largest absolute Gasteiger partial charge is 0.465 e. The van der Waals surface area contributed by atoms with Crippen LogP contribution in [-0.4, -0.2) is 55.6 Å². The number of carbonyl (C=O) groups excluding carboxylic acids is 3. The molecule has 26 heavy (non-hydrogen) atoms. The molecule has 0 aliphatic carbocycles. The van der Waals surface area contributed by atoms with Crippen LogP contribution in [0, 0.1) is 6.92 Å². The third-order valence-electron chi connectivity index (χ3n) is 4.05. The van der Waals surface area contributed by atoms with Gasteiger partial charge in [-0.15, -0.1) is 0 Å². The highest BCUT2D eigenvalue weighted by Crippen LogP contribution is 2.30. The van der Waals surface area contributed by atoms with E-state index in [1.807, 2.05) is 0 Å². The number of rotatable bonds is 6. The first-order chi connectivity index (χ1) is 12.2. The van der Waals surface area contributed by atoms with Gasteiger partial charge in [0, 0.05) is 13.1 Å². The summed E-state index contributed by atoms with van der Waals surface area (Å²) >= 11 is 0. The molecule has 1 heterocycles. The Hall–Kier alpha value is -2.68. The van der Waals surface area contributed by atoms with Crippen molar-refractivity contribution in [3.05, 3.63) is 41.1 Å². The average molecular weight is 380 g/mol. The van der Waals surface area contributed by atoms with Crippen molar-refractivity contribution >= 4 is 27.8 Å². The smallest absolute Gasteiger partial charge is 0.345 e. The molecular weight excluding hydrogens is 360 g/mol. The lowest BCUT2D eigenvalue weighted by molar-refractivity contribution is -0.138. The Morgan fingerprint density at radius 3 is 2.08 bits per heavy atom. The van der Waals surface area contributed by atoms with Crippen LogP contribution >= 0.6 is 0 Å². The molecule has 0 radical (unpaired) electrons. The van der Waals surface area contributed by atoms with E-state index in [1.54, 1.807) is 32.9 Å². The third kappa shape index (κ3) is 3.10. The first-order valence-electron chi connectivity index (χ1n) is 7.98. The van der Waals surface area contributed by atoms with E-state index in [9.17, 15) is 22.8 Å². The number of carbonyl (C=O) groups is 3. The van der Waals surface area contributed by atoms with Crippen molar-refractivity contribution in [3.63, 3.8) is 0 Å². The molecule has 0 N–H and O–H groups in total. The SMILES string of the molecule is CCN(CC)C1=C(C(=O)OC)C(=O)N(S(=O)(=O)c2ccc(C)cc2)C1=O. The molecule has 0 fully saturated rings. The number of esters is 1. The molecule has 0 saturated carbocycles. The van der Waals surface area contributed by atoms with E-state index in [0.29, 0.717) is 13.1 Å². The molecule has 0 atom stereocenters. The van der Waals surface area contributed by atoms with Crippen LogP contribution in [0.5, 0.6) is 0 Å². The fourth-order valence-electron chi connectivity index (χ4n) is 2.65. The zero-order valence-electron chi connectivity index (χ0n) is 15.0. The zero-order valence-corrected chi connectivity index (χ0v) is 15.8. The van der Waals surface area contributed by atoms with Gasteiger partial charge in [-0.1, -0.05) is 17.7 Å². The van der Waals surface area contributed by atoms with Gasteiger partial charge in [-0.3, -0.25) is 9.59 Å². The van der Waals surface area contributed by atoms with Gasteiger partial charge in [-0.05, 0) is 32.9 Å². The van der Waals surface area contributed by atoms with Gasteiger partial charge in [0.15, 0.2) is 5.57 Å². The number of sulfonamides is 1. The molecule has 8 nitrogen and oxygen atoms in total. The second kappa shape index (κ2) is 7.28. The standard InChI is InChI=1S/C17H20N2O6S/c1-5-18(6-2)14-13(17(22)25-4)15(20)19(16(14)21)26(23,24)12-9-7-11(3)8-10-12/h7-10H,5-6H2,1-4H3. The number of imide groups is 1. The van der Waals surface area contributed by atoms with Crippen molar-refractivity contribution in [3.8, 4) is 0 Å². The quantitative estimate of drug-likeness (QED) is 0.409. The molecule has 2 amide bonds. The molecule has 1 aliphatic heterocycles. The minimum absolute atomic E-state index is 0.136. The Balaban J connectivity index is 2.61. The summed E-state index contributed by atoms with van der Waals surface area (Å²) in [6, 6.07) is 5.71. The van der Waals surface area contributed by atoms with E-state index < -0.39 is 33.4 Å². The molecule has 140 valence electrons. The van der Waals surface area contributed by atoms with Crippen molar-refractivity contribution in [2.45, 2.75) is 25.7 Å². The molecule has 0 spiro atoms. The molecular formula is C17H20N2O6S. The van der Waals surface area contributed by atoms with Gasteiger partial charge >= 0.3 is 5.97 Å². The Morgan fingerprint density at radius 1 is 1.08 bits per heavy atom. The van der Waals surface area contributed by atoms with Gasteiger partial charge < -0.3 is 9.64 Å². The minimum atomic E-state index is -4.45. The molecule has 0 bridgehead atoms. The Bertz CT molecular complexity index is 882. The number of hydrogen-bond donors (Lipinski definition) is 0. The van der Waals surface area contributed by atoms with Crippen LogP contribution in [0.3, 0.4) is 0 Å². The predicted octanol–water partition coefficient (Wildman–Crippen LogP) is 0.821. The summed E-state index contributed by atoms with van der Waals surface area (Å²) in [5.41, 5.74) is -0.0142. The molecule has 9 heteroatoms. The lowest BCUT2D eigenvalue weighted by Crippen LogP contribution is -2.39. The molecule has 1 aromatic carbocycles. The van der Waals surface area contributed by atoms with Gasteiger partial charge in [-0.2, -0.15) is 4.31 Å². The van der Waals surface area contributed by atoms with Gasteiger partial charge in [-0.25, -0.2) is 13.2 Å². The molecule has 1 aliphatic rings. The van der Waals surface area contributed by atoms with Crippen molar-refractivity contribution in [2.24, 2.45) is 0 Å². The first kappa shape index (κ1) is 19.6. The molecule has 0 aromatic heterocycles. The van der Waals surface area contributed by atoms with Gasteiger partial charge in [0.25, 0.3) is 21.8 Å². The van der Waals surface area contributed by atoms with Crippen molar-refractivity contribution in [2.75, 3.05) is 20.2 Å². The number of aryl methyl sites for hydroxylation is 1. The predicted molar refractivity (Wildman–Crippen MR) is 92.2 cm³/mol. The normalized spacial score (nSPS) is 14.8. The van der Waals surface area contributed by atoms with Crippen LogP contribution in [0.4, 0.5) is 0 Å². The molecule has 0 saturated heterocycles. The van der Waals surface area contributed by atoms with Crippen molar-refractivity contribution in [1.29, 1.82) is 0 Å². The Kier molecular flexibility index (Phi) is 5.50. The molecule has 1 aromatic rings. The highest BCUT2D eigenvalue weighted by Gasteiger charge is 2.50. The van der Waals surface area contributed by atoms with E-state index in [4.69, 9.17) is 0 Å². The molecule has 2 rings (SSSR count). The lowest BCUT2D eigenvalue weighted by Gasteiger charge is -2.22. The van der Waals surface area contributed by atoms with E-state index in [0.717, 1.165) is 12.7 Å². The summed E-state index contributed by atoms with van der Waals surface area (Å²) in [7, 11) is -3.39. The number of benzene rings is 1. The second-order valence-electron chi connectivity index (χ2n) is 5.58. The average Bonchev–Trinajstić information content (AvgIpc) is 2.87. The van der Waals surface area contributed by atoms with E-state index >= 15 is 0 Å². The summed E-state index contributed by atoms with van der Waals surface area (Å²) in [6.07, 6.45) is 0.